The fourth-order valence-electron chi connectivity index (χ4n) is 1.49. The van der Waals surface area contributed by atoms with Crippen molar-refractivity contribution >= 4 is 23.2 Å². The lowest BCUT2D eigenvalue weighted by atomic mass is 10.3. The van der Waals surface area contributed by atoms with Crippen LogP contribution in [0.3, 0.4) is 0 Å². The van der Waals surface area contributed by atoms with Gasteiger partial charge in [-0.1, -0.05) is 30.8 Å². The molecule has 1 heterocycles. The van der Waals surface area contributed by atoms with Crippen LogP contribution in [-0.4, -0.2) is 12.8 Å². The van der Waals surface area contributed by atoms with E-state index < -0.39 is 0 Å². The molecule has 78 valence electrons. The lowest BCUT2D eigenvalue weighted by molar-refractivity contribution is -0.114. The molecule has 0 bridgehead atoms. The van der Waals surface area contributed by atoms with Crippen molar-refractivity contribution in [1.82, 2.24) is 0 Å². The second-order valence-corrected chi connectivity index (χ2v) is 4.49. The van der Waals surface area contributed by atoms with Crippen molar-refractivity contribution in [2.75, 3.05) is 11.9 Å². The van der Waals surface area contributed by atoms with E-state index in [1.165, 1.54) is 10.6 Å². The monoisotopic (exact) mass is 219 g/mol. The SMILES string of the molecule is CCC(=O)/C=C1\Sc2ccccc2N1C. The van der Waals surface area contributed by atoms with Gasteiger partial charge in [0.15, 0.2) is 5.78 Å². The van der Waals surface area contributed by atoms with E-state index in [1.807, 2.05) is 26.1 Å². The standard InChI is InChI=1S/C12H13NOS/c1-3-9(14)8-12-13(2)10-6-4-5-7-11(10)15-12/h4-8H,3H2,1-2H3/b12-8-. The van der Waals surface area contributed by atoms with E-state index in [2.05, 4.69) is 17.0 Å². The van der Waals surface area contributed by atoms with Gasteiger partial charge in [-0.3, -0.25) is 4.79 Å². The van der Waals surface area contributed by atoms with E-state index in [9.17, 15) is 4.79 Å². The summed E-state index contributed by atoms with van der Waals surface area (Å²) in [7, 11) is 1.99. The van der Waals surface area contributed by atoms with Gasteiger partial charge >= 0.3 is 0 Å². The van der Waals surface area contributed by atoms with E-state index in [4.69, 9.17) is 0 Å². The van der Waals surface area contributed by atoms with Crippen LogP contribution >= 0.6 is 11.8 Å². The zero-order valence-electron chi connectivity index (χ0n) is 8.86. The molecular formula is C12H13NOS. The van der Waals surface area contributed by atoms with Crippen molar-refractivity contribution < 1.29 is 4.79 Å². The largest absolute Gasteiger partial charge is 0.338 e. The van der Waals surface area contributed by atoms with E-state index in [1.54, 1.807) is 17.8 Å². The van der Waals surface area contributed by atoms with E-state index >= 15 is 0 Å². The molecule has 1 aliphatic rings. The van der Waals surface area contributed by atoms with Gasteiger partial charge in [-0.25, -0.2) is 0 Å². The van der Waals surface area contributed by atoms with Crippen molar-refractivity contribution in [1.29, 1.82) is 0 Å². The Morgan fingerprint density at radius 3 is 2.87 bits per heavy atom. The third-order valence-corrected chi connectivity index (χ3v) is 3.57. The number of carbonyl (C=O) groups excluding carboxylic acids is 1. The number of fused-ring (bicyclic) bond motifs is 1. The van der Waals surface area contributed by atoms with Crippen LogP contribution in [0.4, 0.5) is 5.69 Å². The number of allylic oxidation sites excluding steroid dienone is 1. The first-order valence-electron chi connectivity index (χ1n) is 4.97. The number of hydrogen-bond acceptors (Lipinski definition) is 3. The topological polar surface area (TPSA) is 20.3 Å². The summed E-state index contributed by atoms with van der Waals surface area (Å²) in [6, 6.07) is 8.18. The summed E-state index contributed by atoms with van der Waals surface area (Å²) in [6.07, 6.45) is 2.29. The maximum absolute atomic E-state index is 11.3. The average Bonchev–Trinajstić information content (AvgIpc) is 2.57. The van der Waals surface area contributed by atoms with Gasteiger partial charge in [0.2, 0.25) is 0 Å². The first kappa shape index (κ1) is 10.3. The highest BCUT2D eigenvalue weighted by atomic mass is 32.2. The highest BCUT2D eigenvalue weighted by Crippen LogP contribution is 2.44. The normalized spacial score (nSPS) is 16.9. The van der Waals surface area contributed by atoms with Gasteiger partial charge in [0, 0.05) is 24.4 Å². The molecule has 15 heavy (non-hydrogen) atoms. The molecule has 2 rings (SSSR count). The first-order valence-corrected chi connectivity index (χ1v) is 5.79. The van der Waals surface area contributed by atoms with Crippen LogP contribution < -0.4 is 4.90 Å². The van der Waals surface area contributed by atoms with Crippen LogP contribution in [0.25, 0.3) is 0 Å². The molecular weight excluding hydrogens is 206 g/mol. The zero-order chi connectivity index (χ0) is 10.8. The predicted octanol–water partition coefficient (Wildman–Crippen LogP) is 3.05. The van der Waals surface area contributed by atoms with Crippen molar-refractivity contribution in [2.24, 2.45) is 0 Å². The summed E-state index contributed by atoms with van der Waals surface area (Å²) in [5.41, 5.74) is 1.18. The second-order valence-electron chi connectivity index (χ2n) is 3.43. The number of thioether (sulfide) groups is 1. The number of hydrogen-bond donors (Lipinski definition) is 0. The lowest BCUT2D eigenvalue weighted by Crippen LogP contribution is -2.10. The second kappa shape index (κ2) is 4.11. The molecule has 0 aliphatic carbocycles. The van der Waals surface area contributed by atoms with E-state index in [0.717, 1.165) is 5.03 Å². The van der Waals surface area contributed by atoms with Crippen molar-refractivity contribution in [3.63, 3.8) is 0 Å². The minimum atomic E-state index is 0.178. The van der Waals surface area contributed by atoms with Gasteiger partial charge < -0.3 is 4.90 Å². The molecule has 0 fully saturated rings. The minimum Gasteiger partial charge on any atom is -0.338 e. The summed E-state index contributed by atoms with van der Waals surface area (Å²) in [5.74, 6) is 0.178. The maximum Gasteiger partial charge on any atom is 0.158 e. The molecule has 3 heteroatoms. The number of benzene rings is 1. The Bertz CT molecular complexity index is 425. The quantitative estimate of drug-likeness (QED) is 0.713. The Morgan fingerprint density at radius 2 is 2.20 bits per heavy atom. The van der Waals surface area contributed by atoms with Gasteiger partial charge in [0.1, 0.15) is 0 Å². The van der Waals surface area contributed by atoms with Gasteiger partial charge in [-0.2, -0.15) is 0 Å². The molecule has 0 N–H and O–H groups in total. The van der Waals surface area contributed by atoms with E-state index in [0.29, 0.717) is 6.42 Å². The molecule has 1 aliphatic heterocycles. The van der Waals surface area contributed by atoms with Gasteiger partial charge in [0.25, 0.3) is 0 Å². The summed E-state index contributed by atoms with van der Waals surface area (Å²) in [6.45, 7) is 1.88. The molecule has 0 saturated carbocycles. The summed E-state index contributed by atoms with van der Waals surface area (Å²) in [5, 5.41) is 1.02. The van der Waals surface area contributed by atoms with E-state index in [-0.39, 0.29) is 5.78 Å². The number of rotatable bonds is 2. The van der Waals surface area contributed by atoms with Crippen molar-refractivity contribution in [3.05, 3.63) is 35.4 Å². The Hall–Kier alpha value is -1.22. The third-order valence-electron chi connectivity index (χ3n) is 2.40. The molecule has 0 aromatic heterocycles. The van der Waals surface area contributed by atoms with Crippen molar-refractivity contribution in [3.8, 4) is 0 Å². The highest BCUT2D eigenvalue weighted by Gasteiger charge is 2.21. The van der Waals surface area contributed by atoms with Crippen molar-refractivity contribution in [2.45, 2.75) is 18.2 Å². The number of para-hydroxylation sites is 1. The highest BCUT2D eigenvalue weighted by molar-refractivity contribution is 8.03. The Kier molecular flexibility index (Phi) is 2.82. The number of anilines is 1. The molecule has 0 saturated heterocycles. The molecule has 0 radical (unpaired) electrons. The fraction of sp³-hybridized carbons (Fsp3) is 0.250. The molecule has 0 spiro atoms. The first-order chi connectivity index (χ1) is 7.22. The molecule has 1 aromatic rings. The van der Waals surface area contributed by atoms with Crippen LogP contribution in [0.5, 0.6) is 0 Å². The summed E-state index contributed by atoms with van der Waals surface area (Å²) >= 11 is 1.65. The number of nitrogens with zero attached hydrogens (tertiary/aromatic N) is 1. The average molecular weight is 219 g/mol. The number of ketones is 1. The number of carbonyl (C=O) groups is 1. The third kappa shape index (κ3) is 1.92. The lowest BCUT2D eigenvalue weighted by Gasteiger charge is -2.12. The maximum atomic E-state index is 11.3. The molecule has 0 atom stereocenters. The van der Waals surface area contributed by atoms with Crippen LogP contribution in [-0.2, 0) is 4.79 Å². The smallest absolute Gasteiger partial charge is 0.158 e. The Labute approximate surface area is 94.0 Å². The molecule has 0 unspecified atom stereocenters. The zero-order valence-corrected chi connectivity index (χ0v) is 9.67. The van der Waals surface area contributed by atoms with Gasteiger partial charge in [-0.05, 0) is 12.1 Å². The molecule has 2 nitrogen and oxygen atoms in total. The molecule has 0 amide bonds. The Balaban J connectivity index is 2.31. The Morgan fingerprint density at radius 1 is 1.47 bits per heavy atom. The fourth-order valence-corrected chi connectivity index (χ4v) is 2.59. The summed E-state index contributed by atoms with van der Waals surface area (Å²) in [4.78, 5) is 14.6. The summed E-state index contributed by atoms with van der Waals surface area (Å²) < 4.78 is 0. The predicted molar refractivity (Wildman–Crippen MR) is 64.1 cm³/mol. The van der Waals surface area contributed by atoms with Crippen LogP contribution in [0.2, 0.25) is 0 Å². The molecule has 1 aromatic carbocycles. The van der Waals surface area contributed by atoms with Gasteiger partial charge in [0.05, 0.1) is 10.7 Å². The van der Waals surface area contributed by atoms with Crippen LogP contribution in [0.1, 0.15) is 13.3 Å². The van der Waals surface area contributed by atoms with Crippen LogP contribution in [0, 0.1) is 0 Å². The minimum absolute atomic E-state index is 0.178. The van der Waals surface area contributed by atoms with Gasteiger partial charge in [-0.15, -0.1) is 0 Å². The van der Waals surface area contributed by atoms with Crippen LogP contribution in [0.15, 0.2) is 40.3 Å².